The molecule has 0 saturated carbocycles. The maximum Gasteiger partial charge on any atom is 0.220 e. The van der Waals surface area contributed by atoms with Gasteiger partial charge in [0.25, 0.3) is 0 Å². The monoisotopic (exact) mass is 1750 g/mol. The van der Waals surface area contributed by atoms with Crippen LogP contribution in [0.15, 0.2) is 0 Å². The molecule has 714 valence electrons. The van der Waals surface area contributed by atoms with Gasteiger partial charge in [0.05, 0.1) is 36.5 Å². The maximum absolute atomic E-state index is 13.8. The summed E-state index contributed by atoms with van der Waals surface area (Å²) in [7, 11) is 2.10. The average Bonchev–Trinajstić information content (AvgIpc) is 0.778. The van der Waals surface area contributed by atoms with Gasteiger partial charge in [-0.05, 0) is 25.7 Å². The summed E-state index contributed by atoms with van der Waals surface area (Å²) in [5, 5.41) is 145. The largest absolute Gasteiger partial charge is 0.390 e. The summed E-state index contributed by atoms with van der Waals surface area (Å²) in [5.74, 6) is -6.43. The molecule has 20 heteroatoms. The van der Waals surface area contributed by atoms with E-state index in [0.717, 1.165) is 124 Å². The first-order valence-corrected chi connectivity index (χ1v) is 54.2. The van der Waals surface area contributed by atoms with E-state index in [0.29, 0.717) is 25.7 Å². The number of aliphatic hydroxyl groups excluding tert-OH is 10. The van der Waals surface area contributed by atoms with Crippen LogP contribution < -0.4 is 10.6 Å². The Labute approximate surface area is 744 Å². The number of rotatable bonds is 89. The zero-order chi connectivity index (χ0) is 87.6. The topological polar surface area (TPSA) is 319 Å². The number of amides is 2. The van der Waals surface area contributed by atoms with Crippen LogP contribution in [-0.2, 0) is 19.1 Å². The third-order valence-electron chi connectivity index (χ3n) is 26.3. The van der Waals surface area contributed by atoms with E-state index >= 15 is 0 Å². The predicted octanol–water partition coefficient (Wildman–Crippen LogP) is 22.8. The van der Waals surface area contributed by atoms with Gasteiger partial charge in [-0.15, -0.1) is 0 Å². The Hall–Kier alpha value is -0.920. The minimum atomic E-state index is -2.64. The molecular weight excluding hydrogens is 1550 g/mol. The van der Waals surface area contributed by atoms with Gasteiger partial charge in [0, 0.05) is 37.2 Å². The highest BCUT2D eigenvalue weighted by Crippen LogP contribution is 2.40. The first-order valence-electron chi connectivity index (χ1n) is 51.7. The summed E-state index contributed by atoms with van der Waals surface area (Å²) in [6, 6.07) is -2.68. The van der Waals surface area contributed by atoms with Gasteiger partial charge in [-0.2, -0.15) is 0 Å². The van der Waals surface area contributed by atoms with Gasteiger partial charge in [0.2, 0.25) is 11.8 Å². The van der Waals surface area contributed by atoms with E-state index in [1.807, 2.05) is 0 Å². The Morgan fingerprint density at radius 3 is 0.642 bits per heavy atom. The molecule has 0 aromatic heterocycles. The number of hydrogen-bond donors (Lipinski definition) is 14. The molecule has 2 aliphatic rings. The van der Waals surface area contributed by atoms with Crippen LogP contribution in [-0.4, -0.2) is 182 Å². The Morgan fingerprint density at radius 1 is 0.275 bits per heavy atom. The van der Waals surface area contributed by atoms with Crippen molar-refractivity contribution < 1.29 is 80.3 Å². The minimum absolute atomic E-state index is 0.130. The van der Waals surface area contributed by atoms with Crippen LogP contribution in [0.2, 0.25) is 0 Å². The summed E-state index contributed by atoms with van der Waals surface area (Å²) in [4.78, 5) is 27.6. The molecule has 0 aromatic rings. The smallest absolute Gasteiger partial charge is 0.220 e. The van der Waals surface area contributed by atoms with Gasteiger partial charge in [-0.1, -0.05) is 486 Å². The number of aliphatic hydroxyl groups is 12. The Morgan fingerprint density at radius 2 is 0.450 bits per heavy atom. The molecule has 2 saturated heterocycles. The van der Waals surface area contributed by atoms with Crippen LogP contribution in [0.1, 0.15) is 516 Å². The van der Waals surface area contributed by atoms with E-state index in [1.54, 1.807) is 0 Å². The molecule has 2 rings (SSSR count). The highest BCUT2D eigenvalue weighted by molar-refractivity contribution is 8.76. The lowest BCUT2D eigenvalue weighted by Crippen LogP contribution is -2.67. The molecule has 0 spiro atoms. The van der Waals surface area contributed by atoms with Gasteiger partial charge in [-0.25, -0.2) is 0 Å². The second-order valence-corrected chi connectivity index (χ2v) is 40.3. The van der Waals surface area contributed by atoms with Crippen LogP contribution in [0, 0.1) is 0 Å². The van der Waals surface area contributed by atoms with Crippen molar-refractivity contribution in [2.24, 2.45) is 0 Å². The van der Waals surface area contributed by atoms with Crippen molar-refractivity contribution in [3.8, 4) is 0 Å². The van der Waals surface area contributed by atoms with E-state index in [1.165, 1.54) is 321 Å². The lowest BCUT2D eigenvalue weighted by molar-refractivity contribution is -0.347. The van der Waals surface area contributed by atoms with Crippen LogP contribution in [0.3, 0.4) is 0 Å². The normalized spacial score (nSPS) is 22.4. The summed E-state index contributed by atoms with van der Waals surface area (Å²) in [6.45, 7) is 9.00. The molecule has 16 atom stereocenters. The van der Waals surface area contributed by atoms with Crippen LogP contribution in [0.4, 0.5) is 0 Å². The van der Waals surface area contributed by atoms with Crippen LogP contribution >= 0.6 is 21.6 Å². The van der Waals surface area contributed by atoms with Gasteiger partial charge in [0.1, 0.15) is 48.8 Å². The summed E-state index contributed by atoms with van der Waals surface area (Å²) in [5.41, 5.74) is 0. The summed E-state index contributed by atoms with van der Waals surface area (Å²) in [6.07, 6.45) is 64.0. The zero-order valence-corrected chi connectivity index (χ0v) is 79.7. The molecule has 0 unspecified atom stereocenters. The maximum atomic E-state index is 13.8. The van der Waals surface area contributed by atoms with E-state index in [4.69, 9.17) is 9.47 Å². The SMILES string of the molecule is CCCCCCCCCCCCCCCCCCCCCCCCCC(=O)N[C@@H](C[C@]1(O)O[C@H](CSSC[C@H]2O[C@@](O)(C[C@H](NC(=O)CCCCCCCCCCCCCCCCCCCCCCCCC)[C@H](O)[C@H](O)CCCCCCCCCCCCCC)[C@H](O)[C@@H](O)[C@H]2O)[C@H](O)[C@H](O)[C@H]1O)[C@H](O)[C@H](O)CCCCCCCCCCCCCC. The third kappa shape index (κ3) is 58.6. The molecule has 0 aliphatic carbocycles. The van der Waals surface area contributed by atoms with Crippen molar-refractivity contribution in [2.75, 3.05) is 11.5 Å². The molecule has 0 aromatic carbocycles. The molecule has 2 heterocycles. The summed E-state index contributed by atoms with van der Waals surface area (Å²) < 4.78 is 12.2. The molecule has 0 bridgehead atoms. The Balaban J connectivity index is 2.05. The molecule has 14 N–H and O–H groups in total. The molecule has 18 nitrogen and oxygen atoms in total. The van der Waals surface area contributed by atoms with Gasteiger partial charge in [-0.3, -0.25) is 9.59 Å². The second kappa shape index (κ2) is 79.1. The van der Waals surface area contributed by atoms with Crippen molar-refractivity contribution in [3.63, 3.8) is 0 Å². The van der Waals surface area contributed by atoms with E-state index in [9.17, 15) is 70.9 Å². The number of unbranched alkanes of at least 4 members (excludes halogenated alkanes) is 66. The van der Waals surface area contributed by atoms with Crippen molar-refractivity contribution in [1.82, 2.24) is 10.6 Å². The third-order valence-corrected chi connectivity index (χ3v) is 28.8. The van der Waals surface area contributed by atoms with Crippen LogP contribution in [0.5, 0.6) is 0 Å². The first kappa shape index (κ1) is 115. The van der Waals surface area contributed by atoms with Crippen molar-refractivity contribution in [1.29, 1.82) is 0 Å². The number of hydrogen-bond acceptors (Lipinski definition) is 18. The zero-order valence-electron chi connectivity index (χ0n) is 78.1. The molecule has 120 heavy (non-hydrogen) atoms. The molecular formula is C100H196N2O16S2. The standard InChI is InChI=1S/C100H196N2O16S2/c1-5-9-13-17-21-25-29-33-35-37-39-41-43-45-47-49-51-53-57-61-65-69-73-77-89(105)101-83(91(107)85(103)75-71-67-63-59-55-31-27-23-19-15-11-7-3)79-99(115)97(113)95(111)93(109)87(117-99)81-119-120-82-88-94(110)96(112)98(114)100(116,118-88)80-84(92(108)86(104)76-72-68-64-60-56-32-28-24-20-16-12-8-4)102-90(106)78-74-70-66-62-58-54-52-50-48-46-44-42-40-38-36-34-30-26-22-18-14-10-6-2/h83-88,91-98,103-104,107-116H,5-82H2,1-4H3,(H,101,105)(H,102,106)/t83-,84-,85+,86+,87+,88+,91-,92-,93-,94-,95-,96-,97+,98+,99-,100-/m0/s1. The van der Waals surface area contributed by atoms with Crippen molar-refractivity contribution in [2.45, 2.75) is 613 Å². The number of ether oxygens (including phenoxy) is 2. The van der Waals surface area contributed by atoms with Gasteiger partial charge < -0.3 is 81.4 Å². The number of carbonyl (C=O) groups is 2. The average molecular weight is 1750 g/mol. The fourth-order valence-electron chi connectivity index (χ4n) is 18.1. The lowest BCUT2D eigenvalue weighted by Gasteiger charge is -2.48. The highest BCUT2D eigenvalue weighted by Gasteiger charge is 2.56. The quantitative estimate of drug-likeness (QED) is 0.0199. The molecule has 0 radical (unpaired) electrons. The number of carbonyl (C=O) groups excluding carboxylic acids is 2. The fourth-order valence-corrected chi connectivity index (χ4v) is 20.5. The molecule has 2 fully saturated rings. The number of nitrogens with one attached hydrogen (secondary N) is 2. The molecule has 2 aliphatic heterocycles. The van der Waals surface area contributed by atoms with E-state index in [2.05, 4.69) is 38.3 Å². The fraction of sp³-hybridized carbons (Fsp3) is 0.980. The molecule has 2 amide bonds. The summed E-state index contributed by atoms with van der Waals surface area (Å²) >= 11 is 0. The Bertz CT molecular complexity index is 2110. The van der Waals surface area contributed by atoms with Crippen molar-refractivity contribution >= 4 is 33.4 Å². The first-order chi connectivity index (χ1) is 58.3. The predicted molar refractivity (Wildman–Crippen MR) is 502 cm³/mol. The van der Waals surface area contributed by atoms with Crippen LogP contribution in [0.25, 0.3) is 0 Å². The van der Waals surface area contributed by atoms with E-state index in [-0.39, 0.29) is 37.2 Å². The highest BCUT2D eigenvalue weighted by atomic mass is 33.1. The lowest BCUT2D eigenvalue weighted by atomic mass is 9.86. The Kier molecular flexibility index (Phi) is 75.9. The van der Waals surface area contributed by atoms with Gasteiger partial charge >= 0.3 is 0 Å². The van der Waals surface area contributed by atoms with E-state index < -0.39 is 122 Å². The minimum Gasteiger partial charge on any atom is -0.390 e. The van der Waals surface area contributed by atoms with Gasteiger partial charge in [0.15, 0.2) is 11.6 Å². The second-order valence-electron chi connectivity index (χ2n) is 37.7. The van der Waals surface area contributed by atoms with Crippen molar-refractivity contribution in [3.05, 3.63) is 0 Å².